The lowest BCUT2D eigenvalue weighted by Gasteiger charge is -2.37. The lowest BCUT2D eigenvalue weighted by molar-refractivity contribution is 0.0597. The first-order chi connectivity index (χ1) is 16.7. The highest BCUT2D eigenvalue weighted by Gasteiger charge is 2.34. The third-order valence-corrected chi connectivity index (χ3v) is 6.29. The largest absolute Gasteiger partial charge is 0.440 e. The molecule has 8 heteroatoms. The number of carbonyl (C=O) groups is 1. The van der Waals surface area contributed by atoms with Crippen molar-refractivity contribution in [3.63, 3.8) is 0 Å². The molecular weight excluding hydrogens is 430 g/mol. The first-order valence-electron chi connectivity index (χ1n) is 11.5. The maximum absolute atomic E-state index is 13.7. The Balaban J connectivity index is 1.44. The number of carbonyl (C=O) groups excluding carboxylic acids is 1. The summed E-state index contributed by atoms with van der Waals surface area (Å²) in [6.07, 6.45) is 4.96. The molecule has 0 radical (unpaired) electrons. The maximum atomic E-state index is 13.7. The molecule has 8 nitrogen and oxygen atoms in total. The van der Waals surface area contributed by atoms with E-state index in [0.29, 0.717) is 30.3 Å². The molecule has 0 aliphatic carbocycles. The molecule has 0 unspecified atom stereocenters. The van der Waals surface area contributed by atoms with Crippen LogP contribution in [0, 0.1) is 0 Å². The Bertz CT molecular complexity index is 1250. The number of likely N-dealkylation sites (tertiary alicyclic amines) is 1. The highest BCUT2D eigenvalue weighted by atomic mass is 16.5. The molecule has 0 saturated carbocycles. The number of ether oxygens (including phenoxy) is 1. The average molecular weight is 458 g/mol. The van der Waals surface area contributed by atoms with Crippen molar-refractivity contribution < 1.29 is 13.9 Å². The van der Waals surface area contributed by atoms with E-state index < -0.39 is 0 Å². The SMILES string of the molecule is COCc1nc([C@@H]2CC[C@@H](C)N(C(=O)c3ccccc3-n3nccn3)C2)oc1-c1ccccc1. The normalized spacial score (nSPS) is 18.2. The summed E-state index contributed by atoms with van der Waals surface area (Å²) in [6.45, 7) is 2.98. The number of para-hydroxylation sites is 1. The van der Waals surface area contributed by atoms with Gasteiger partial charge in [0.05, 0.1) is 36.2 Å². The molecule has 2 aromatic heterocycles. The summed E-state index contributed by atoms with van der Waals surface area (Å²) in [6, 6.07) is 17.5. The van der Waals surface area contributed by atoms with Crippen LogP contribution in [-0.2, 0) is 11.3 Å². The molecule has 2 aromatic carbocycles. The van der Waals surface area contributed by atoms with Crippen LogP contribution in [0.4, 0.5) is 0 Å². The van der Waals surface area contributed by atoms with E-state index in [1.807, 2.05) is 59.5 Å². The summed E-state index contributed by atoms with van der Waals surface area (Å²) >= 11 is 0. The number of methoxy groups -OCH3 is 1. The number of hydrogen-bond acceptors (Lipinski definition) is 6. The molecule has 1 aliphatic rings. The van der Waals surface area contributed by atoms with Crippen LogP contribution in [0.15, 0.2) is 71.4 Å². The molecule has 3 heterocycles. The van der Waals surface area contributed by atoms with Gasteiger partial charge in [-0.1, -0.05) is 42.5 Å². The van der Waals surface area contributed by atoms with Crippen molar-refractivity contribution in [1.82, 2.24) is 24.9 Å². The first kappa shape index (κ1) is 22.0. The Labute approximate surface area is 198 Å². The van der Waals surface area contributed by atoms with E-state index in [4.69, 9.17) is 14.1 Å². The molecule has 0 spiro atoms. The second-order valence-electron chi connectivity index (χ2n) is 8.54. The van der Waals surface area contributed by atoms with Gasteiger partial charge in [0, 0.05) is 25.3 Å². The molecule has 1 saturated heterocycles. The second-order valence-corrected chi connectivity index (χ2v) is 8.54. The Morgan fingerprint density at radius 1 is 1.06 bits per heavy atom. The lowest BCUT2D eigenvalue weighted by Crippen LogP contribution is -2.45. The zero-order chi connectivity index (χ0) is 23.5. The van der Waals surface area contributed by atoms with E-state index in [2.05, 4.69) is 17.1 Å². The van der Waals surface area contributed by atoms with Gasteiger partial charge < -0.3 is 14.1 Å². The molecule has 34 heavy (non-hydrogen) atoms. The zero-order valence-electron chi connectivity index (χ0n) is 19.3. The maximum Gasteiger partial charge on any atom is 0.256 e. The minimum absolute atomic E-state index is 0.00297. The van der Waals surface area contributed by atoms with Crippen LogP contribution in [0.1, 0.15) is 47.6 Å². The number of amides is 1. The summed E-state index contributed by atoms with van der Waals surface area (Å²) in [5.41, 5.74) is 2.97. The van der Waals surface area contributed by atoms with Crippen LogP contribution in [0.5, 0.6) is 0 Å². The van der Waals surface area contributed by atoms with Crippen molar-refractivity contribution >= 4 is 5.91 Å². The Hall–Kier alpha value is -3.78. The Kier molecular flexibility index (Phi) is 6.22. The van der Waals surface area contributed by atoms with Gasteiger partial charge in [0.1, 0.15) is 5.69 Å². The van der Waals surface area contributed by atoms with Gasteiger partial charge in [0.2, 0.25) is 0 Å². The van der Waals surface area contributed by atoms with Gasteiger partial charge in [-0.15, -0.1) is 0 Å². The van der Waals surface area contributed by atoms with Gasteiger partial charge in [-0.25, -0.2) is 4.98 Å². The van der Waals surface area contributed by atoms with E-state index in [-0.39, 0.29) is 17.9 Å². The van der Waals surface area contributed by atoms with E-state index in [0.717, 1.165) is 29.9 Å². The molecule has 4 aromatic rings. The summed E-state index contributed by atoms with van der Waals surface area (Å²) in [5, 5.41) is 8.43. The van der Waals surface area contributed by atoms with Crippen molar-refractivity contribution in [3.05, 3.63) is 84.1 Å². The van der Waals surface area contributed by atoms with Gasteiger partial charge in [0.25, 0.3) is 5.91 Å². The number of oxazole rings is 1. The summed E-state index contributed by atoms with van der Waals surface area (Å²) in [4.78, 5) is 21.9. The smallest absolute Gasteiger partial charge is 0.256 e. The first-order valence-corrected chi connectivity index (χ1v) is 11.5. The number of benzene rings is 2. The number of nitrogens with zero attached hydrogens (tertiary/aromatic N) is 5. The van der Waals surface area contributed by atoms with E-state index in [1.54, 1.807) is 19.5 Å². The molecule has 1 fully saturated rings. The van der Waals surface area contributed by atoms with Gasteiger partial charge in [0.15, 0.2) is 11.7 Å². The standard InChI is InChI=1S/C26H27N5O3/c1-18-12-13-20(25-29-22(17-33-2)24(34-25)19-8-4-3-5-9-19)16-30(18)26(32)21-10-6-7-11-23(21)31-27-14-15-28-31/h3-11,14-15,18,20H,12-13,16-17H2,1-2H3/t18-,20-/m1/s1. The van der Waals surface area contributed by atoms with Crippen LogP contribution in [-0.4, -0.2) is 50.5 Å². The van der Waals surface area contributed by atoms with E-state index >= 15 is 0 Å². The third kappa shape index (κ3) is 4.24. The fourth-order valence-corrected chi connectivity index (χ4v) is 4.51. The topological polar surface area (TPSA) is 86.3 Å². The molecule has 5 rings (SSSR count). The second kappa shape index (κ2) is 9.61. The zero-order valence-corrected chi connectivity index (χ0v) is 19.3. The highest BCUT2D eigenvalue weighted by Crippen LogP contribution is 2.35. The van der Waals surface area contributed by atoms with Crippen LogP contribution in [0.2, 0.25) is 0 Å². The number of rotatable bonds is 6. The van der Waals surface area contributed by atoms with Crippen LogP contribution >= 0.6 is 0 Å². The molecule has 0 N–H and O–H groups in total. The fourth-order valence-electron chi connectivity index (χ4n) is 4.51. The predicted octanol–water partition coefficient (Wildman–Crippen LogP) is 4.48. The van der Waals surface area contributed by atoms with Gasteiger partial charge in [-0.05, 0) is 31.9 Å². The quantitative estimate of drug-likeness (QED) is 0.424. The molecule has 1 amide bonds. The summed E-state index contributed by atoms with van der Waals surface area (Å²) in [7, 11) is 1.65. The van der Waals surface area contributed by atoms with Gasteiger partial charge in [-0.2, -0.15) is 15.0 Å². The number of aromatic nitrogens is 4. The summed E-state index contributed by atoms with van der Waals surface area (Å²) in [5.74, 6) is 1.34. The van der Waals surface area contributed by atoms with Crippen LogP contribution in [0.3, 0.4) is 0 Å². The summed E-state index contributed by atoms with van der Waals surface area (Å²) < 4.78 is 11.7. The fraction of sp³-hybridized carbons (Fsp3) is 0.308. The molecule has 1 aliphatic heterocycles. The Morgan fingerprint density at radius 3 is 2.56 bits per heavy atom. The predicted molar refractivity (Wildman–Crippen MR) is 126 cm³/mol. The monoisotopic (exact) mass is 457 g/mol. The number of piperidine rings is 1. The van der Waals surface area contributed by atoms with Crippen LogP contribution in [0.25, 0.3) is 17.0 Å². The van der Waals surface area contributed by atoms with Crippen molar-refractivity contribution in [1.29, 1.82) is 0 Å². The third-order valence-electron chi connectivity index (χ3n) is 6.29. The molecule has 0 bridgehead atoms. The van der Waals surface area contributed by atoms with Crippen molar-refractivity contribution in [2.45, 2.75) is 38.3 Å². The average Bonchev–Trinajstić information content (AvgIpc) is 3.56. The highest BCUT2D eigenvalue weighted by molar-refractivity contribution is 5.98. The van der Waals surface area contributed by atoms with Crippen molar-refractivity contribution in [2.75, 3.05) is 13.7 Å². The number of hydrogen-bond donors (Lipinski definition) is 0. The van der Waals surface area contributed by atoms with Crippen LogP contribution < -0.4 is 0 Å². The van der Waals surface area contributed by atoms with Gasteiger partial charge in [-0.3, -0.25) is 4.79 Å². The van der Waals surface area contributed by atoms with E-state index in [1.165, 1.54) is 4.80 Å². The van der Waals surface area contributed by atoms with Gasteiger partial charge >= 0.3 is 0 Å². The molecule has 174 valence electrons. The van der Waals surface area contributed by atoms with Crippen molar-refractivity contribution in [3.8, 4) is 17.0 Å². The van der Waals surface area contributed by atoms with Crippen molar-refractivity contribution in [2.24, 2.45) is 0 Å². The lowest BCUT2D eigenvalue weighted by atomic mass is 9.92. The molecular formula is C26H27N5O3. The Morgan fingerprint density at radius 2 is 1.79 bits per heavy atom. The minimum atomic E-state index is -0.0444. The molecule has 2 atom stereocenters. The minimum Gasteiger partial charge on any atom is -0.440 e. The van der Waals surface area contributed by atoms with E-state index in [9.17, 15) is 4.79 Å².